The van der Waals surface area contributed by atoms with Crippen molar-refractivity contribution >= 4 is 0 Å². The van der Waals surface area contributed by atoms with E-state index in [0.717, 1.165) is 39.1 Å². The molecule has 1 aliphatic rings. The van der Waals surface area contributed by atoms with Gasteiger partial charge in [0, 0.05) is 26.2 Å². The van der Waals surface area contributed by atoms with E-state index < -0.39 is 0 Å². The minimum Gasteiger partial charge on any atom is -0.392 e. The Hall–Kier alpha value is -0.120. The average Bonchev–Trinajstić information content (AvgIpc) is 2.63. The molecule has 3 heteroatoms. The van der Waals surface area contributed by atoms with Crippen LogP contribution < -0.4 is 5.32 Å². The average molecular weight is 256 g/mol. The van der Waals surface area contributed by atoms with Gasteiger partial charge in [0.1, 0.15) is 0 Å². The van der Waals surface area contributed by atoms with Gasteiger partial charge in [-0.25, -0.2) is 0 Å². The summed E-state index contributed by atoms with van der Waals surface area (Å²) in [7, 11) is 0. The summed E-state index contributed by atoms with van der Waals surface area (Å²) in [6.07, 6.45) is 3.34. The second kappa shape index (κ2) is 7.46. The number of likely N-dealkylation sites (tertiary alicyclic amines) is 1. The van der Waals surface area contributed by atoms with Crippen LogP contribution in [-0.2, 0) is 0 Å². The number of rotatable bonds is 8. The first-order chi connectivity index (χ1) is 8.45. The molecule has 0 aromatic carbocycles. The number of aliphatic hydroxyl groups excluding tert-OH is 1. The molecule has 0 radical (unpaired) electrons. The molecule has 0 amide bonds. The Morgan fingerprint density at radius 3 is 2.67 bits per heavy atom. The fourth-order valence-electron chi connectivity index (χ4n) is 2.99. The van der Waals surface area contributed by atoms with Gasteiger partial charge in [-0.05, 0) is 30.7 Å². The number of aliphatic hydroxyl groups is 1. The molecular formula is C15H32N2O. The van der Waals surface area contributed by atoms with Gasteiger partial charge < -0.3 is 15.3 Å². The van der Waals surface area contributed by atoms with E-state index in [2.05, 4.69) is 37.9 Å². The summed E-state index contributed by atoms with van der Waals surface area (Å²) in [6, 6.07) is 0. The van der Waals surface area contributed by atoms with Crippen molar-refractivity contribution in [2.24, 2.45) is 11.3 Å². The highest BCUT2D eigenvalue weighted by molar-refractivity contribution is 4.84. The second-order valence-corrected chi connectivity index (χ2v) is 6.76. The topological polar surface area (TPSA) is 35.5 Å². The Balaban J connectivity index is 2.40. The monoisotopic (exact) mass is 256 g/mol. The third kappa shape index (κ3) is 5.68. The fraction of sp³-hybridized carbons (Fsp3) is 1.00. The Morgan fingerprint density at radius 2 is 2.17 bits per heavy atom. The molecule has 1 aliphatic heterocycles. The molecule has 0 bridgehead atoms. The highest BCUT2D eigenvalue weighted by atomic mass is 16.3. The smallest absolute Gasteiger partial charge is 0.0679 e. The van der Waals surface area contributed by atoms with Gasteiger partial charge in [-0.2, -0.15) is 0 Å². The number of nitrogens with zero attached hydrogens (tertiary/aromatic N) is 1. The summed E-state index contributed by atoms with van der Waals surface area (Å²) in [5.41, 5.74) is 0.341. The van der Waals surface area contributed by atoms with Gasteiger partial charge in [-0.15, -0.1) is 0 Å². The Labute approximate surface area is 113 Å². The van der Waals surface area contributed by atoms with Crippen molar-refractivity contribution in [2.45, 2.75) is 53.1 Å². The molecule has 2 N–H and O–H groups in total. The first-order valence-electron chi connectivity index (χ1n) is 7.56. The SMILES string of the molecule is CCCC(C)(CNCC(C)C)CN1CCC(O)C1. The van der Waals surface area contributed by atoms with E-state index in [4.69, 9.17) is 0 Å². The quantitative estimate of drug-likeness (QED) is 0.698. The maximum absolute atomic E-state index is 9.62. The van der Waals surface area contributed by atoms with Crippen LogP contribution in [0.2, 0.25) is 0 Å². The standard InChI is InChI=1S/C15H32N2O/c1-5-7-15(4,11-16-9-13(2)3)12-17-8-6-14(18)10-17/h13-14,16,18H,5-12H2,1-4H3. The molecule has 2 atom stereocenters. The number of nitrogens with one attached hydrogen (secondary N) is 1. The summed E-state index contributed by atoms with van der Waals surface area (Å²) >= 11 is 0. The largest absolute Gasteiger partial charge is 0.392 e. The van der Waals surface area contributed by atoms with E-state index in [-0.39, 0.29) is 6.10 Å². The molecule has 0 spiro atoms. The molecule has 0 aromatic heterocycles. The lowest BCUT2D eigenvalue weighted by Crippen LogP contribution is -2.42. The van der Waals surface area contributed by atoms with Crippen molar-refractivity contribution in [3.8, 4) is 0 Å². The second-order valence-electron chi connectivity index (χ2n) is 6.76. The van der Waals surface area contributed by atoms with E-state index in [0.29, 0.717) is 11.3 Å². The Kier molecular flexibility index (Phi) is 6.61. The van der Waals surface area contributed by atoms with Crippen molar-refractivity contribution < 1.29 is 5.11 Å². The Bertz CT molecular complexity index is 233. The minimum absolute atomic E-state index is 0.0977. The molecule has 1 rings (SSSR count). The highest BCUT2D eigenvalue weighted by Crippen LogP contribution is 2.26. The van der Waals surface area contributed by atoms with E-state index in [1.807, 2.05) is 0 Å². The van der Waals surface area contributed by atoms with Gasteiger partial charge in [0.15, 0.2) is 0 Å². The molecule has 3 nitrogen and oxygen atoms in total. The van der Waals surface area contributed by atoms with Crippen LogP contribution >= 0.6 is 0 Å². The van der Waals surface area contributed by atoms with Crippen molar-refractivity contribution in [1.82, 2.24) is 10.2 Å². The lowest BCUT2D eigenvalue weighted by molar-refractivity contribution is 0.139. The predicted octanol–water partition coefficient (Wildman–Crippen LogP) is 2.11. The molecule has 18 heavy (non-hydrogen) atoms. The van der Waals surface area contributed by atoms with Crippen molar-refractivity contribution in [1.29, 1.82) is 0 Å². The van der Waals surface area contributed by atoms with Crippen LogP contribution in [-0.4, -0.2) is 48.8 Å². The zero-order valence-corrected chi connectivity index (χ0v) is 12.7. The lowest BCUT2D eigenvalue weighted by atomic mass is 9.84. The van der Waals surface area contributed by atoms with Crippen LogP contribution in [0.1, 0.15) is 47.0 Å². The fourth-order valence-corrected chi connectivity index (χ4v) is 2.99. The lowest BCUT2D eigenvalue weighted by Gasteiger charge is -2.34. The maximum Gasteiger partial charge on any atom is 0.0679 e. The zero-order chi connectivity index (χ0) is 13.6. The summed E-state index contributed by atoms with van der Waals surface area (Å²) in [6.45, 7) is 14.4. The van der Waals surface area contributed by atoms with Crippen LogP contribution in [0.15, 0.2) is 0 Å². The molecule has 1 saturated heterocycles. The van der Waals surface area contributed by atoms with Crippen LogP contribution in [0.5, 0.6) is 0 Å². The first-order valence-corrected chi connectivity index (χ1v) is 7.56. The van der Waals surface area contributed by atoms with Crippen molar-refractivity contribution in [2.75, 3.05) is 32.7 Å². The van der Waals surface area contributed by atoms with E-state index in [9.17, 15) is 5.11 Å². The van der Waals surface area contributed by atoms with Gasteiger partial charge >= 0.3 is 0 Å². The molecule has 1 heterocycles. The molecule has 0 aliphatic carbocycles. The van der Waals surface area contributed by atoms with E-state index in [1.165, 1.54) is 12.8 Å². The summed E-state index contributed by atoms with van der Waals surface area (Å²) < 4.78 is 0. The summed E-state index contributed by atoms with van der Waals surface area (Å²) in [5, 5.41) is 13.2. The Morgan fingerprint density at radius 1 is 1.44 bits per heavy atom. The molecule has 0 aromatic rings. The van der Waals surface area contributed by atoms with Crippen molar-refractivity contribution in [3.63, 3.8) is 0 Å². The molecule has 1 fully saturated rings. The third-order valence-corrected chi connectivity index (χ3v) is 3.81. The third-order valence-electron chi connectivity index (χ3n) is 3.81. The number of hydrogen-bond acceptors (Lipinski definition) is 3. The summed E-state index contributed by atoms with van der Waals surface area (Å²) in [4.78, 5) is 2.43. The van der Waals surface area contributed by atoms with Gasteiger partial charge in [0.2, 0.25) is 0 Å². The van der Waals surface area contributed by atoms with Gasteiger partial charge in [-0.3, -0.25) is 0 Å². The van der Waals surface area contributed by atoms with Crippen LogP contribution in [0.3, 0.4) is 0 Å². The predicted molar refractivity (Wildman–Crippen MR) is 77.8 cm³/mol. The maximum atomic E-state index is 9.62. The van der Waals surface area contributed by atoms with E-state index in [1.54, 1.807) is 0 Å². The normalized spacial score (nSPS) is 24.7. The van der Waals surface area contributed by atoms with Crippen LogP contribution in [0.25, 0.3) is 0 Å². The van der Waals surface area contributed by atoms with Gasteiger partial charge in [0.05, 0.1) is 6.10 Å². The molecular weight excluding hydrogens is 224 g/mol. The summed E-state index contributed by atoms with van der Waals surface area (Å²) in [5.74, 6) is 0.712. The van der Waals surface area contributed by atoms with Gasteiger partial charge in [0.25, 0.3) is 0 Å². The van der Waals surface area contributed by atoms with Crippen molar-refractivity contribution in [3.05, 3.63) is 0 Å². The molecule has 2 unspecified atom stereocenters. The van der Waals surface area contributed by atoms with Gasteiger partial charge in [-0.1, -0.05) is 34.1 Å². The van der Waals surface area contributed by atoms with E-state index >= 15 is 0 Å². The van der Waals surface area contributed by atoms with Crippen LogP contribution in [0.4, 0.5) is 0 Å². The number of hydrogen-bond donors (Lipinski definition) is 2. The minimum atomic E-state index is -0.0977. The first kappa shape index (κ1) is 15.9. The number of β-amino-alcohol motifs (C(OH)–C–C–N with tert-alkyl or cyclic N) is 1. The zero-order valence-electron chi connectivity index (χ0n) is 12.7. The molecule has 0 saturated carbocycles. The highest BCUT2D eigenvalue weighted by Gasteiger charge is 2.29. The van der Waals surface area contributed by atoms with Crippen LogP contribution in [0, 0.1) is 11.3 Å². The molecule has 108 valence electrons.